The van der Waals surface area contributed by atoms with Gasteiger partial charge in [0.25, 0.3) is 23.6 Å². The first-order valence-electron chi connectivity index (χ1n) is 25.7. The highest BCUT2D eigenvalue weighted by Gasteiger charge is 2.42. The molecule has 74 heavy (non-hydrogen) atoms. The molecule has 0 aromatic heterocycles. The molecule has 392 valence electrons. The second-order valence-corrected chi connectivity index (χ2v) is 21.7. The first-order chi connectivity index (χ1) is 35.3. The summed E-state index contributed by atoms with van der Waals surface area (Å²) in [7, 11) is 0. The molecular weight excluding hydrogens is 1080 g/mol. The van der Waals surface area contributed by atoms with Crippen LogP contribution in [0, 0.1) is 5.92 Å². The van der Waals surface area contributed by atoms with Crippen LogP contribution in [0.5, 0.6) is 0 Å². The van der Waals surface area contributed by atoms with Gasteiger partial charge in [0.2, 0.25) is 0 Å². The molecule has 1 atom stereocenters. The van der Waals surface area contributed by atoms with E-state index in [4.69, 9.17) is 18.9 Å². The van der Waals surface area contributed by atoms with Gasteiger partial charge in [0.05, 0.1) is 18.9 Å². The summed E-state index contributed by atoms with van der Waals surface area (Å²) in [6.07, 6.45) is 8.06. The van der Waals surface area contributed by atoms with Crippen LogP contribution in [0.15, 0.2) is 69.6 Å². The Kier molecular flexibility index (Phi) is 18.2. The average Bonchev–Trinajstić information content (AvgIpc) is 3.36. The van der Waals surface area contributed by atoms with Crippen molar-refractivity contribution in [3.05, 3.63) is 91.9 Å². The fourth-order valence-electron chi connectivity index (χ4n) is 10.3. The van der Waals surface area contributed by atoms with Crippen LogP contribution < -0.4 is 0 Å². The van der Waals surface area contributed by atoms with Gasteiger partial charge in [0.15, 0.2) is 6.10 Å². The third-order valence-corrected chi connectivity index (χ3v) is 15.1. The van der Waals surface area contributed by atoms with Crippen LogP contribution >= 0.6 is 31.9 Å². The van der Waals surface area contributed by atoms with Gasteiger partial charge in [-0.25, -0.2) is 9.59 Å². The zero-order valence-corrected chi connectivity index (χ0v) is 46.2. The first-order valence-corrected chi connectivity index (χ1v) is 27.2. The largest absolute Gasteiger partial charge is 0.463 e. The molecule has 2 heterocycles. The summed E-state index contributed by atoms with van der Waals surface area (Å²) < 4.78 is 22.5. The molecule has 0 saturated carbocycles. The van der Waals surface area contributed by atoms with Crippen molar-refractivity contribution in [3.63, 3.8) is 0 Å². The molecule has 0 bridgehead atoms. The number of hydrogen-bond donors (Lipinski definition) is 0. The molecule has 5 aromatic rings. The number of benzene rings is 5. The summed E-state index contributed by atoms with van der Waals surface area (Å²) in [4.78, 5) is 112. The summed E-state index contributed by atoms with van der Waals surface area (Å²) in [5.41, 5.74) is 1.68. The number of ether oxygens (including phenoxy) is 4. The average molecular weight is 1140 g/mol. The summed E-state index contributed by atoms with van der Waals surface area (Å²) in [5.74, 6) is -4.92. The van der Waals surface area contributed by atoms with E-state index in [0.29, 0.717) is 36.2 Å². The molecule has 4 amide bonds. The minimum atomic E-state index is -1.19. The topological polar surface area (TPSA) is 180 Å². The summed E-state index contributed by atoms with van der Waals surface area (Å²) in [6, 6.07) is 9.68. The van der Waals surface area contributed by atoms with E-state index < -0.39 is 73.9 Å². The highest BCUT2D eigenvalue weighted by Crippen LogP contribution is 2.51. The summed E-state index contributed by atoms with van der Waals surface area (Å²) in [6.45, 7) is 16.8. The Bertz CT molecular complexity index is 3060. The Morgan fingerprint density at radius 2 is 0.973 bits per heavy atom. The van der Waals surface area contributed by atoms with Gasteiger partial charge in [0, 0.05) is 80.7 Å². The third-order valence-electron chi connectivity index (χ3n) is 13.8. The van der Waals surface area contributed by atoms with Gasteiger partial charge in [-0.3, -0.25) is 38.6 Å². The van der Waals surface area contributed by atoms with E-state index >= 15 is 0 Å². The minimum absolute atomic E-state index is 0.0445. The Hall–Kier alpha value is -6.00. The second kappa shape index (κ2) is 24.1. The predicted octanol–water partition coefficient (Wildman–Crippen LogP) is 12.7. The van der Waals surface area contributed by atoms with Crippen molar-refractivity contribution in [2.45, 2.75) is 143 Å². The van der Waals surface area contributed by atoms with E-state index in [0.717, 1.165) is 96.0 Å². The number of carbonyl (C=O) groups excluding carboxylic acids is 8. The number of halogens is 2. The molecule has 2 aliphatic heterocycles. The molecule has 7 rings (SSSR count). The van der Waals surface area contributed by atoms with E-state index in [9.17, 15) is 38.4 Å². The van der Waals surface area contributed by atoms with E-state index in [1.54, 1.807) is 12.1 Å². The normalized spacial score (nSPS) is 13.9. The lowest BCUT2D eigenvalue weighted by atomic mass is 9.81. The summed E-state index contributed by atoms with van der Waals surface area (Å²) in [5, 5.41) is 5.40. The first kappa shape index (κ1) is 55.7. The van der Waals surface area contributed by atoms with Crippen LogP contribution in [0.4, 0.5) is 0 Å². The summed E-state index contributed by atoms with van der Waals surface area (Å²) >= 11 is 7.68. The molecule has 0 N–H and O–H groups in total. The number of rotatable bonds is 26. The maximum absolute atomic E-state index is 14.9. The number of unbranched alkanes of at least 4 members (excludes halogenated alkanes) is 6. The molecule has 0 fully saturated rings. The van der Waals surface area contributed by atoms with Gasteiger partial charge in [-0.15, -0.1) is 0 Å². The van der Waals surface area contributed by atoms with Crippen LogP contribution in [0.1, 0.15) is 166 Å². The van der Waals surface area contributed by atoms with Crippen LogP contribution in [0.25, 0.3) is 43.1 Å². The zero-order chi connectivity index (χ0) is 53.7. The van der Waals surface area contributed by atoms with Crippen molar-refractivity contribution in [1.82, 2.24) is 9.80 Å². The zero-order valence-electron chi connectivity index (χ0n) is 43.1. The van der Waals surface area contributed by atoms with Crippen LogP contribution in [0.3, 0.4) is 0 Å². The fourth-order valence-corrected chi connectivity index (χ4v) is 11.6. The number of nitrogens with zero attached hydrogens (tertiary/aromatic N) is 2. The van der Waals surface area contributed by atoms with Crippen LogP contribution in [-0.2, 0) is 38.1 Å². The van der Waals surface area contributed by atoms with E-state index in [1.807, 2.05) is 38.1 Å². The number of imide groups is 2. The molecule has 14 nitrogen and oxygen atoms in total. The predicted molar refractivity (Wildman–Crippen MR) is 290 cm³/mol. The van der Waals surface area contributed by atoms with E-state index in [1.165, 1.54) is 18.7 Å². The molecule has 0 aliphatic carbocycles. The molecule has 5 aromatic carbocycles. The smallest absolute Gasteiger partial charge is 0.333 e. The molecule has 1 unspecified atom stereocenters. The Morgan fingerprint density at radius 3 is 1.41 bits per heavy atom. The van der Waals surface area contributed by atoms with Crippen molar-refractivity contribution in [3.8, 4) is 0 Å². The SMILES string of the molecule is C=C(C)C(=O)OCC(COC(=O)C(=C)C)OC(=O)CCC(=O)OCC(CC(C)C)N1C(=O)c2ccc3c4c(Br)cc5c6c(ccc(c7c(Br)cc(c2c37)C1=O)c64)C(=O)N(C(CCCCCC)CCCCCC)C5=O. The lowest BCUT2D eigenvalue weighted by molar-refractivity contribution is -0.165. The Morgan fingerprint density at radius 1 is 0.541 bits per heavy atom. The number of amides is 4. The highest BCUT2D eigenvalue weighted by molar-refractivity contribution is 9.11. The number of fused-ring (bicyclic) bond motifs is 2. The van der Waals surface area contributed by atoms with Gasteiger partial charge >= 0.3 is 23.9 Å². The fraction of sp³-hybridized carbons (Fsp3) is 0.448. The molecule has 0 saturated heterocycles. The monoisotopic (exact) mass is 1140 g/mol. The van der Waals surface area contributed by atoms with Crippen LogP contribution in [0.2, 0.25) is 0 Å². The molecule has 0 radical (unpaired) electrons. The van der Waals surface area contributed by atoms with Gasteiger partial charge < -0.3 is 18.9 Å². The molecule has 0 spiro atoms. The number of carbonyl (C=O) groups is 8. The van der Waals surface area contributed by atoms with E-state index in [-0.39, 0.29) is 59.1 Å². The minimum Gasteiger partial charge on any atom is -0.463 e. The number of hydrogen-bond acceptors (Lipinski definition) is 12. The second-order valence-electron chi connectivity index (χ2n) is 20.0. The lowest BCUT2D eigenvalue weighted by Crippen LogP contribution is -2.49. The quantitative estimate of drug-likeness (QED) is 0.00974. The van der Waals surface area contributed by atoms with Crippen molar-refractivity contribution in [2.75, 3.05) is 19.8 Å². The van der Waals surface area contributed by atoms with Gasteiger partial charge in [0.1, 0.15) is 19.8 Å². The molecule has 16 heteroatoms. The molecule has 2 aliphatic rings. The third kappa shape index (κ3) is 11.5. The molecular formula is C58H64Br2N2O12. The van der Waals surface area contributed by atoms with Gasteiger partial charge in [-0.1, -0.05) is 136 Å². The lowest BCUT2D eigenvalue weighted by Gasteiger charge is -2.36. The Labute approximate surface area is 448 Å². The standard InChI is InChI=1S/C58H64Br2N2O12/c1-9-11-13-15-17-34(18-16-14-12-10-2)61-53(65)39-21-19-37-50-44(60)27-42-48-40(22-20-38(52(48)50)49-43(59)26-41(55(61)67)47(39)51(37)49)54(66)62(56(42)68)35(25-31(3)4)28-71-45(63)23-24-46(64)74-36(29-72-57(69)32(5)6)30-73-58(70)33(7)8/h19-22,26-27,31,34-36H,5,7,9-18,23-25,28-30H2,1-4,6,8H3. The maximum Gasteiger partial charge on any atom is 0.333 e. The van der Waals surface area contributed by atoms with Crippen molar-refractivity contribution in [2.24, 2.45) is 5.92 Å². The van der Waals surface area contributed by atoms with Gasteiger partial charge in [-0.05, 0) is 74.1 Å². The van der Waals surface area contributed by atoms with Crippen molar-refractivity contribution < 1.29 is 57.3 Å². The van der Waals surface area contributed by atoms with Crippen molar-refractivity contribution >= 4 is 122 Å². The van der Waals surface area contributed by atoms with Crippen LogP contribution in [-0.4, -0.2) is 95.3 Å². The van der Waals surface area contributed by atoms with E-state index in [2.05, 4.69) is 58.9 Å². The van der Waals surface area contributed by atoms with Crippen molar-refractivity contribution in [1.29, 1.82) is 0 Å². The highest BCUT2D eigenvalue weighted by atomic mass is 79.9. The van der Waals surface area contributed by atoms with Gasteiger partial charge in [-0.2, -0.15) is 0 Å². The number of esters is 4. The Balaban J connectivity index is 1.16. The maximum atomic E-state index is 14.9.